The number of aryl methyl sites for hydroxylation is 1. The van der Waals surface area contributed by atoms with Crippen LogP contribution in [0, 0.1) is 13.8 Å². The Morgan fingerprint density at radius 3 is 2.71 bits per heavy atom. The Bertz CT molecular complexity index is 317. The highest BCUT2D eigenvalue weighted by molar-refractivity contribution is 9.10. The fraction of sp³-hybridized carbons (Fsp3) is 0.500. The maximum absolute atomic E-state index is 3.62. The molecule has 1 aliphatic rings. The normalized spacial score (nSPS) is 21.5. The van der Waals surface area contributed by atoms with Crippen molar-refractivity contribution in [2.75, 3.05) is 6.54 Å². The van der Waals surface area contributed by atoms with Gasteiger partial charge >= 0.3 is 0 Å². The van der Waals surface area contributed by atoms with Crippen molar-refractivity contribution in [1.82, 2.24) is 5.32 Å². The van der Waals surface area contributed by atoms with E-state index in [4.69, 9.17) is 0 Å². The van der Waals surface area contributed by atoms with Crippen molar-refractivity contribution in [1.29, 1.82) is 0 Å². The van der Waals surface area contributed by atoms with E-state index in [1.54, 1.807) is 0 Å². The minimum Gasteiger partial charge on any atom is -0.310 e. The van der Waals surface area contributed by atoms with Crippen LogP contribution in [0.25, 0.3) is 0 Å². The van der Waals surface area contributed by atoms with Gasteiger partial charge in [-0.2, -0.15) is 0 Å². The zero-order valence-corrected chi connectivity index (χ0v) is 10.3. The third-order valence-electron chi connectivity index (χ3n) is 3.09. The fourth-order valence-corrected chi connectivity index (χ4v) is 2.59. The summed E-state index contributed by atoms with van der Waals surface area (Å²) < 4.78 is 1.24. The van der Waals surface area contributed by atoms with Crippen LogP contribution in [-0.4, -0.2) is 6.54 Å². The van der Waals surface area contributed by atoms with Crippen molar-refractivity contribution in [2.45, 2.75) is 32.7 Å². The molecule has 1 heterocycles. The lowest BCUT2D eigenvalue weighted by molar-refractivity contribution is 0.646. The minimum absolute atomic E-state index is 0.575. The van der Waals surface area contributed by atoms with Crippen LogP contribution >= 0.6 is 15.9 Å². The number of benzene rings is 1. The zero-order chi connectivity index (χ0) is 10.1. The SMILES string of the molecule is Cc1cc(C2CCCN2)cc(Br)c1C. The van der Waals surface area contributed by atoms with E-state index in [0.717, 1.165) is 6.54 Å². The van der Waals surface area contributed by atoms with Gasteiger partial charge in [-0.15, -0.1) is 0 Å². The first-order chi connectivity index (χ1) is 6.68. The molecule has 1 saturated heterocycles. The molecule has 1 aromatic carbocycles. The van der Waals surface area contributed by atoms with E-state index >= 15 is 0 Å². The summed E-state index contributed by atoms with van der Waals surface area (Å²) in [7, 11) is 0. The van der Waals surface area contributed by atoms with Gasteiger partial charge in [0.1, 0.15) is 0 Å². The Balaban J connectivity index is 2.34. The van der Waals surface area contributed by atoms with E-state index in [0.29, 0.717) is 6.04 Å². The number of hydrogen-bond acceptors (Lipinski definition) is 1. The first-order valence-electron chi connectivity index (χ1n) is 5.18. The van der Waals surface area contributed by atoms with Crippen LogP contribution in [0.3, 0.4) is 0 Å². The molecule has 0 radical (unpaired) electrons. The van der Waals surface area contributed by atoms with Crippen molar-refractivity contribution < 1.29 is 0 Å². The quantitative estimate of drug-likeness (QED) is 0.808. The van der Waals surface area contributed by atoms with E-state index in [9.17, 15) is 0 Å². The highest BCUT2D eigenvalue weighted by Gasteiger charge is 2.17. The molecule has 0 saturated carbocycles. The number of halogens is 1. The third kappa shape index (κ3) is 1.86. The molecule has 76 valence electrons. The molecule has 1 aromatic rings. The second-order valence-electron chi connectivity index (χ2n) is 4.09. The van der Waals surface area contributed by atoms with Gasteiger partial charge in [0.2, 0.25) is 0 Å². The van der Waals surface area contributed by atoms with Crippen LogP contribution in [0.15, 0.2) is 16.6 Å². The van der Waals surface area contributed by atoms with Gasteiger partial charge in [0, 0.05) is 10.5 Å². The standard InChI is InChI=1S/C12H16BrN/c1-8-6-10(7-11(13)9(8)2)12-4-3-5-14-12/h6-7,12,14H,3-5H2,1-2H3. The predicted molar refractivity (Wildman–Crippen MR) is 63.6 cm³/mol. The van der Waals surface area contributed by atoms with Crippen LogP contribution in [0.5, 0.6) is 0 Å². The van der Waals surface area contributed by atoms with Crippen LogP contribution in [-0.2, 0) is 0 Å². The largest absolute Gasteiger partial charge is 0.310 e. The van der Waals surface area contributed by atoms with Gasteiger partial charge in [-0.05, 0) is 56.0 Å². The van der Waals surface area contributed by atoms with Crippen molar-refractivity contribution >= 4 is 15.9 Å². The van der Waals surface area contributed by atoms with Crippen LogP contribution in [0.1, 0.15) is 35.6 Å². The summed E-state index contributed by atoms with van der Waals surface area (Å²) in [4.78, 5) is 0. The highest BCUT2D eigenvalue weighted by Crippen LogP contribution is 2.29. The van der Waals surface area contributed by atoms with Crippen molar-refractivity contribution in [3.8, 4) is 0 Å². The molecule has 14 heavy (non-hydrogen) atoms. The van der Waals surface area contributed by atoms with Gasteiger partial charge in [0.25, 0.3) is 0 Å². The van der Waals surface area contributed by atoms with Gasteiger partial charge in [-0.3, -0.25) is 0 Å². The summed E-state index contributed by atoms with van der Waals surface area (Å²) >= 11 is 3.62. The van der Waals surface area contributed by atoms with Gasteiger partial charge in [0.15, 0.2) is 0 Å². The first kappa shape index (κ1) is 10.2. The molecule has 0 aromatic heterocycles. The van der Waals surface area contributed by atoms with E-state index < -0.39 is 0 Å². The summed E-state index contributed by atoms with van der Waals surface area (Å²) in [5, 5.41) is 3.53. The molecule has 2 heteroatoms. The lowest BCUT2D eigenvalue weighted by Gasteiger charge is -2.14. The molecule has 1 nitrogen and oxygen atoms in total. The first-order valence-corrected chi connectivity index (χ1v) is 5.98. The average molecular weight is 254 g/mol. The highest BCUT2D eigenvalue weighted by atomic mass is 79.9. The van der Waals surface area contributed by atoms with Gasteiger partial charge < -0.3 is 5.32 Å². The molecule has 0 bridgehead atoms. The Labute approximate surface area is 94.0 Å². The molecule has 0 aliphatic carbocycles. The van der Waals surface area contributed by atoms with E-state index in [2.05, 4.69) is 47.2 Å². The van der Waals surface area contributed by atoms with E-state index in [-0.39, 0.29) is 0 Å². The van der Waals surface area contributed by atoms with Crippen LogP contribution in [0.2, 0.25) is 0 Å². The number of hydrogen-bond donors (Lipinski definition) is 1. The summed E-state index contributed by atoms with van der Waals surface area (Å²) in [6.07, 6.45) is 2.57. The van der Waals surface area contributed by atoms with Gasteiger partial charge in [-0.25, -0.2) is 0 Å². The van der Waals surface area contributed by atoms with Crippen molar-refractivity contribution in [3.05, 3.63) is 33.3 Å². The van der Waals surface area contributed by atoms with E-state index in [1.165, 1.54) is 34.0 Å². The second kappa shape index (κ2) is 4.03. The Morgan fingerprint density at radius 2 is 2.14 bits per heavy atom. The van der Waals surface area contributed by atoms with Crippen molar-refractivity contribution in [3.63, 3.8) is 0 Å². The molecule has 1 fully saturated rings. The Hall–Kier alpha value is -0.340. The van der Waals surface area contributed by atoms with Crippen LogP contribution in [0.4, 0.5) is 0 Å². The lowest BCUT2D eigenvalue weighted by Crippen LogP contribution is -2.13. The molecular formula is C12H16BrN. The summed E-state index contributed by atoms with van der Waals surface area (Å²) in [6, 6.07) is 5.14. The monoisotopic (exact) mass is 253 g/mol. The third-order valence-corrected chi connectivity index (χ3v) is 3.91. The molecule has 1 atom stereocenters. The Morgan fingerprint density at radius 1 is 1.36 bits per heavy atom. The summed E-state index contributed by atoms with van der Waals surface area (Å²) in [5.41, 5.74) is 4.16. The smallest absolute Gasteiger partial charge is 0.0321 e. The summed E-state index contributed by atoms with van der Waals surface area (Å²) in [6.45, 7) is 5.50. The topological polar surface area (TPSA) is 12.0 Å². The predicted octanol–water partition coefficient (Wildman–Crippen LogP) is 3.49. The Kier molecular flexibility index (Phi) is 2.93. The zero-order valence-electron chi connectivity index (χ0n) is 8.73. The van der Waals surface area contributed by atoms with Crippen LogP contribution < -0.4 is 5.32 Å². The van der Waals surface area contributed by atoms with Crippen molar-refractivity contribution in [2.24, 2.45) is 0 Å². The molecule has 1 unspecified atom stereocenters. The molecule has 0 amide bonds. The molecule has 2 rings (SSSR count). The second-order valence-corrected chi connectivity index (χ2v) is 4.95. The molecule has 1 N–H and O–H groups in total. The van der Waals surface area contributed by atoms with Gasteiger partial charge in [0.05, 0.1) is 0 Å². The molecule has 0 spiro atoms. The maximum Gasteiger partial charge on any atom is 0.0321 e. The minimum atomic E-state index is 0.575. The van der Waals surface area contributed by atoms with Gasteiger partial charge in [-0.1, -0.05) is 22.0 Å². The average Bonchev–Trinajstić information content (AvgIpc) is 2.66. The lowest BCUT2D eigenvalue weighted by atomic mass is 10.0. The molecular weight excluding hydrogens is 238 g/mol. The maximum atomic E-state index is 3.62. The molecule has 1 aliphatic heterocycles. The number of rotatable bonds is 1. The van der Waals surface area contributed by atoms with E-state index in [1.807, 2.05) is 0 Å². The number of nitrogens with one attached hydrogen (secondary N) is 1. The fourth-order valence-electron chi connectivity index (χ4n) is 2.01. The summed E-state index contributed by atoms with van der Waals surface area (Å²) in [5.74, 6) is 0.